The molecule has 0 heterocycles. The van der Waals surface area contributed by atoms with Crippen LogP contribution in [0.4, 0.5) is 0 Å². The fourth-order valence-corrected chi connectivity index (χ4v) is 7.32. The molecule has 0 aromatic rings. The minimum Gasteiger partial charge on any atom is -0.0848 e. The standard InChI is InChI=1S/C38H74/c1-5-9-13-17-20-23-26-30-36-34-33-35(29-25-22-19-15-11-7-3)37(31-27-16-12-8-4)38(36)32-28-24-21-18-14-10-6-2/h33-38H,5-32H2,1-4H3. The van der Waals surface area contributed by atoms with E-state index in [-0.39, 0.29) is 0 Å². The Kier molecular flexibility index (Phi) is 25.4. The van der Waals surface area contributed by atoms with E-state index >= 15 is 0 Å². The number of rotatable bonds is 28. The zero-order chi connectivity index (χ0) is 27.5. The summed E-state index contributed by atoms with van der Waals surface area (Å²) in [6.07, 6.45) is 46.3. The normalized spacial score (nSPS) is 21.4. The van der Waals surface area contributed by atoms with Crippen LogP contribution in [0.3, 0.4) is 0 Å². The van der Waals surface area contributed by atoms with E-state index in [1.165, 1.54) is 180 Å². The first-order valence-corrected chi connectivity index (χ1v) is 18.5. The molecule has 0 spiro atoms. The van der Waals surface area contributed by atoms with Gasteiger partial charge in [-0.1, -0.05) is 194 Å². The summed E-state index contributed by atoms with van der Waals surface area (Å²) in [6, 6.07) is 0. The van der Waals surface area contributed by atoms with Gasteiger partial charge in [0.2, 0.25) is 0 Å². The molecule has 0 bridgehead atoms. The van der Waals surface area contributed by atoms with Crippen molar-refractivity contribution in [2.75, 3.05) is 0 Å². The SMILES string of the molecule is CCCCCCCCCC1C=CC(CCCCCCCC)C(CCCCCC)C1CCCCCCCCC. The van der Waals surface area contributed by atoms with Gasteiger partial charge in [-0.05, 0) is 49.4 Å². The number of hydrogen-bond acceptors (Lipinski definition) is 0. The highest BCUT2D eigenvalue weighted by atomic mass is 14.4. The van der Waals surface area contributed by atoms with E-state index in [1.807, 2.05) is 0 Å². The van der Waals surface area contributed by atoms with Gasteiger partial charge in [0.1, 0.15) is 0 Å². The first-order valence-electron chi connectivity index (χ1n) is 18.5. The smallest absolute Gasteiger partial charge is 0.0202 e. The predicted octanol–water partition coefficient (Wildman–Crippen LogP) is 14.0. The van der Waals surface area contributed by atoms with Crippen LogP contribution < -0.4 is 0 Å². The van der Waals surface area contributed by atoms with E-state index in [0.717, 1.165) is 23.7 Å². The molecule has 0 aliphatic heterocycles. The Morgan fingerprint density at radius 1 is 0.289 bits per heavy atom. The van der Waals surface area contributed by atoms with Gasteiger partial charge < -0.3 is 0 Å². The summed E-state index contributed by atoms with van der Waals surface area (Å²) in [6.45, 7) is 9.37. The lowest BCUT2D eigenvalue weighted by Crippen LogP contribution is -2.32. The Bertz CT molecular complexity index is 490. The summed E-state index contributed by atoms with van der Waals surface area (Å²) in [5.74, 6) is 3.70. The zero-order valence-corrected chi connectivity index (χ0v) is 27.3. The monoisotopic (exact) mass is 531 g/mol. The number of hydrogen-bond donors (Lipinski definition) is 0. The van der Waals surface area contributed by atoms with Gasteiger partial charge in [-0.3, -0.25) is 0 Å². The molecule has 1 aliphatic carbocycles. The van der Waals surface area contributed by atoms with Gasteiger partial charge in [-0.2, -0.15) is 0 Å². The third kappa shape index (κ3) is 18.2. The molecule has 0 amide bonds. The fourth-order valence-electron chi connectivity index (χ4n) is 7.32. The van der Waals surface area contributed by atoms with Gasteiger partial charge >= 0.3 is 0 Å². The van der Waals surface area contributed by atoms with Crippen molar-refractivity contribution in [1.82, 2.24) is 0 Å². The average Bonchev–Trinajstić information content (AvgIpc) is 2.93. The van der Waals surface area contributed by atoms with Crippen molar-refractivity contribution in [2.24, 2.45) is 23.7 Å². The van der Waals surface area contributed by atoms with Crippen molar-refractivity contribution in [2.45, 2.75) is 207 Å². The molecule has 0 radical (unpaired) electrons. The molecule has 0 fully saturated rings. The van der Waals surface area contributed by atoms with Gasteiger partial charge in [0, 0.05) is 0 Å². The predicted molar refractivity (Wildman–Crippen MR) is 175 cm³/mol. The highest BCUT2D eigenvalue weighted by Gasteiger charge is 2.34. The van der Waals surface area contributed by atoms with Crippen LogP contribution in [0, 0.1) is 23.7 Å². The van der Waals surface area contributed by atoms with Crippen molar-refractivity contribution in [1.29, 1.82) is 0 Å². The molecular formula is C38H74. The second kappa shape index (κ2) is 26.9. The quantitative estimate of drug-likeness (QED) is 0.0696. The molecule has 0 heteroatoms. The molecule has 0 saturated carbocycles. The molecule has 1 aliphatic rings. The van der Waals surface area contributed by atoms with Crippen LogP contribution in [0.2, 0.25) is 0 Å². The van der Waals surface area contributed by atoms with E-state index in [1.54, 1.807) is 0 Å². The summed E-state index contributed by atoms with van der Waals surface area (Å²) < 4.78 is 0. The molecule has 38 heavy (non-hydrogen) atoms. The highest BCUT2D eigenvalue weighted by molar-refractivity contribution is 5.05. The lowest BCUT2D eigenvalue weighted by atomic mass is 9.64. The molecule has 226 valence electrons. The van der Waals surface area contributed by atoms with Crippen molar-refractivity contribution in [3.8, 4) is 0 Å². The summed E-state index contributed by atoms with van der Waals surface area (Å²) in [7, 11) is 0. The second-order valence-corrected chi connectivity index (χ2v) is 13.3. The van der Waals surface area contributed by atoms with E-state index in [0.29, 0.717) is 0 Å². The minimum absolute atomic E-state index is 0.877. The van der Waals surface area contributed by atoms with E-state index in [9.17, 15) is 0 Å². The van der Waals surface area contributed by atoms with Crippen LogP contribution in [-0.2, 0) is 0 Å². The second-order valence-electron chi connectivity index (χ2n) is 13.3. The lowest BCUT2D eigenvalue weighted by molar-refractivity contribution is 0.145. The van der Waals surface area contributed by atoms with Crippen LogP contribution >= 0.6 is 0 Å². The lowest BCUT2D eigenvalue weighted by Gasteiger charge is -2.41. The first-order chi connectivity index (χ1) is 18.8. The molecule has 0 nitrogen and oxygen atoms in total. The molecule has 1 rings (SSSR count). The molecule has 4 unspecified atom stereocenters. The fraction of sp³-hybridized carbons (Fsp3) is 0.947. The summed E-state index contributed by atoms with van der Waals surface area (Å²) in [4.78, 5) is 0. The maximum atomic E-state index is 2.76. The van der Waals surface area contributed by atoms with Gasteiger partial charge in [-0.15, -0.1) is 0 Å². The Morgan fingerprint density at radius 3 is 0.842 bits per heavy atom. The zero-order valence-electron chi connectivity index (χ0n) is 27.3. The molecular weight excluding hydrogens is 456 g/mol. The van der Waals surface area contributed by atoms with Gasteiger partial charge in [0.15, 0.2) is 0 Å². The van der Waals surface area contributed by atoms with Crippen molar-refractivity contribution in [3.63, 3.8) is 0 Å². The summed E-state index contributed by atoms with van der Waals surface area (Å²) >= 11 is 0. The topological polar surface area (TPSA) is 0 Å². The molecule has 0 N–H and O–H groups in total. The number of unbranched alkanes of at least 4 members (excludes halogenated alkanes) is 20. The Labute approximate surface area is 243 Å². The molecule has 0 aromatic heterocycles. The molecule has 4 atom stereocenters. The highest BCUT2D eigenvalue weighted by Crippen LogP contribution is 2.44. The van der Waals surface area contributed by atoms with Crippen LogP contribution in [0.25, 0.3) is 0 Å². The molecule has 0 aromatic carbocycles. The van der Waals surface area contributed by atoms with Crippen molar-refractivity contribution < 1.29 is 0 Å². The maximum Gasteiger partial charge on any atom is -0.0202 e. The van der Waals surface area contributed by atoms with Crippen LogP contribution in [0.5, 0.6) is 0 Å². The summed E-state index contributed by atoms with van der Waals surface area (Å²) in [5, 5.41) is 0. The Hall–Kier alpha value is -0.260. The largest absolute Gasteiger partial charge is 0.0848 e. The van der Waals surface area contributed by atoms with Gasteiger partial charge in [0.05, 0.1) is 0 Å². The average molecular weight is 531 g/mol. The van der Waals surface area contributed by atoms with E-state index in [4.69, 9.17) is 0 Å². The third-order valence-corrected chi connectivity index (χ3v) is 9.82. The van der Waals surface area contributed by atoms with Crippen molar-refractivity contribution >= 4 is 0 Å². The van der Waals surface area contributed by atoms with Gasteiger partial charge in [-0.25, -0.2) is 0 Å². The minimum atomic E-state index is 0.877. The number of allylic oxidation sites excluding steroid dienone is 2. The van der Waals surface area contributed by atoms with Crippen LogP contribution in [0.1, 0.15) is 207 Å². The summed E-state index contributed by atoms with van der Waals surface area (Å²) in [5.41, 5.74) is 0. The van der Waals surface area contributed by atoms with E-state index in [2.05, 4.69) is 39.8 Å². The van der Waals surface area contributed by atoms with Gasteiger partial charge in [0.25, 0.3) is 0 Å². The van der Waals surface area contributed by atoms with Crippen molar-refractivity contribution in [3.05, 3.63) is 12.2 Å². The Morgan fingerprint density at radius 2 is 0.526 bits per heavy atom. The Balaban J connectivity index is 2.72. The van der Waals surface area contributed by atoms with E-state index < -0.39 is 0 Å². The maximum absolute atomic E-state index is 2.76. The van der Waals surface area contributed by atoms with Crippen LogP contribution in [-0.4, -0.2) is 0 Å². The van der Waals surface area contributed by atoms with Crippen LogP contribution in [0.15, 0.2) is 12.2 Å². The first kappa shape index (κ1) is 35.8. The third-order valence-electron chi connectivity index (χ3n) is 9.82. The molecule has 0 saturated heterocycles.